The molecule has 5 heteroatoms. The van der Waals surface area contributed by atoms with E-state index in [0.29, 0.717) is 0 Å². The minimum Gasteiger partial charge on any atom is -0.319 e. The Hall–Kier alpha value is -0.390. The molecule has 3 nitrogen and oxygen atoms in total. The van der Waals surface area contributed by atoms with Gasteiger partial charge in [0, 0.05) is 23.6 Å². The van der Waals surface area contributed by atoms with Crippen LogP contribution in [-0.4, -0.2) is 23.0 Å². The van der Waals surface area contributed by atoms with E-state index in [2.05, 4.69) is 46.6 Å². The summed E-state index contributed by atoms with van der Waals surface area (Å²) in [4.78, 5) is 4.50. The first-order valence-electron chi connectivity index (χ1n) is 4.69. The molecule has 2 rings (SSSR count). The number of pyridine rings is 1. The lowest BCUT2D eigenvalue weighted by atomic mass is 10.4. The highest BCUT2D eigenvalue weighted by atomic mass is 79.9. The average Bonchev–Trinajstić information content (AvgIpc) is 2.54. The molecular formula is C10H11Br2N3. The van der Waals surface area contributed by atoms with Crippen molar-refractivity contribution >= 4 is 37.4 Å². The van der Waals surface area contributed by atoms with Crippen molar-refractivity contribution in [3.8, 4) is 0 Å². The Morgan fingerprint density at radius 3 is 3.00 bits per heavy atom. The van der Waals surface area contributed by atoms with Gasteiger partial charge in [-0.3, -0.25) is 0 Å². The molecule has 2 aromatic rings. The van der Waals surface area contributed by atoms with Crippen LogP contribution >= 0.6 is 31.9 Å². The van der Waals surface area contributed by atoms with Crippen LogP contribution in [0.2, 0.25) is 0 Å². The highest BCUT2D eigenvalue weighted by Gasteiger charge is 2.10. The molecule has 0 bridgehead atoms. The second-order valence-electron chi connectivity index (χ2n) is 3.25. The van der Waals surface area contributed by atoms with Gasteiger partial charge in [0.2, 0.25) is 0 Å². The summed E-state index contributed by atoms with van der Waals surface area (Å²) in [6, 6.07) is 4.03. The van der Waals surface area contributed by atoms with Gasteiger partial charge in [-0.15, -0.1) is 0 Å². The third-order valence-electron chi connectivity index (χ3n) is 2.24. The molecule has 0 aliphatic heterocycles. The van der Waals surface area contributed by atoms with E-state index < -0.39 is 0 Å². The molecule has 0 spiro atoms. The van der Waals surface area contributed by atoms with Gasteiger partial charge in [0.1, 0.15) is 10.4 Å². The fraction of sp³-hybridized carbons (Fsp3) is 0.300. The number of hydrogen-bond donors (Lipinski definition) is 1. The zero-order valence-corrected chi connectivity index (χ0v) is 11.5. The van der Waals surface area contributed by atoms with Crippen molar-refractivity contribution in [1.82, 2.24) is 14.7 Å². The van der Waals surface area contributed by atoms with Crippen LogP contribution in [0.3, 0.4) is 0 Å². The van der Waals surface area contributed by atoms with Gasteiger partial charge in [-0.05, 0) is 51.0 Å². The standard InChI is InChI=1S/C10H11Br2N3/c1-13-5-4-8-14-10(12)9-7(11)3-2-6-15(8)9/h2-3,6,13H,4-5H2,1H3. The van der Waals surface area contributed by atoms with Crippen molar-refractivity contribution in [2.75, 3.05) is 13.6 Å². The summed E-state index contributed by atoms with van der Waals surface area (Å²) in [5.74, 6) is 1.06. The summed E-state index contributed by atoms with van der Waals surface area (Å²) in [5, 5.41) is 3.12. The van der Waals surface area contributed by atoms with Crippen molar-refractivity contribution in [2.45, 2.75) is 6.42 Å². The Kier molecular flexibility index (Phi) is 3.43. The molecule has 0 atom stereocenters. The molecular weight excluding hydrogens is 322 g/mol. The van der Waals surface area contributed by atoms with Crippen LogP contribution in [0.4, 0.5) is 0 Å². The Labute approximate surface area is 105 Å². The zero-order valence-electron chi connectivity index (χ0n) is 8.30. The Morgan fingerprint density at radius 2 is 2.27 bits per heavy atom. The smallest absolute Gasteiger partial charge is 0.133 e. The third-order valence-corrected chi connectivity index (χ3v) is 3.44. The van der Waals surface area contributed by atoms with E-state index in [1.165, 1.54) is 0 Å². The molecule has 15 heavy (non-hydrogen) atoms. The summed E-state index contributed by atoms with van der Waals surface area (Å²) in [6.07, 6.45) is 2.95. The Bertz CT molecular complexity index is 479. The topological polar surface area (TPSA) is 29.3 Å². The molecule has 0 saturated heterocycles. The molecule has 0 aromatic carbocycles. The second-order valence-corrected chi connectivity index (χ2v) is 4.85. The summed E-state index contributed by atoms with van der Waals surface area (Å²) in [6.45, 7) is 0.929. The van der Waals surface area contributed by atoms with Crippen molar-refractivity contribution in [3.63, 3.8) is 0 Å². The number of hydrogen-bond acceptors (Lipinski definition) is 2. The van der Waals surface area contributed by atoms with Crippen LogP contribution in [-0.2, 0) is 6.42 Å². The molecule has 0 aliphatic rings. The van der Waals surface area contributed by atoms with E-state index in [1.807, 2.05) is 25.4 Å². The number of rotatable bonds is 3. The van der Waals surface area contributed by atoms with Crippen molar-refractivity contribution in [2.24, 2.45) is 0 Å². The summed E-state index contributed by atoms with van der Waals surface area (Å²) < 4.78 is 4.05. The van der Waals surface area contributed by atoms with Crippen LogP contribution < -0.4 is 5.32 Å². The average molecular weight is 333 g/mol. The molecule has 0 saturated carbocycles. The zero-order chi connectivity index (χ0) is 10.8. The lowest BCUT2D eigenvalue weighted by Crippen LogP contribution is -2.12. The van der Waals surface area contributed by atoms with Crippen LogP contribution in [0.15, 0.2) is 27.4 Å². The molecule has 0 radical (unpaired) electrons. The molecule has 0 amide bonds. The lowest BCUT2D eigenvalue weighted by molar-refractivity contribution is 0.752. The maximum Gasteiger partial charge on any atom is 0.133 e. The number of imidazole rings is 1. The first kappa shape index (κ1) is 11.1. The minimum absolute atomic E-state index is 0.890. The molecule has 0 fully saturated rings. The van der Waals surface area contributed by atoms with Crippen LogP contribution in [0.5, 0.6) is 0 Å². The van der Waals surface area contributed by atoms with Gasteiger partial charge in [0.25, 0.3) is 0 Å². The first-order chi connectivity index (χ1) is 7.24. The van der Waals surface area contributed by atoms with Crippen LogP contribution in [0.1, 0.15) is 5.82 Å². The lowest BCUT2D eigenvalue weighted by Gasteiger charge is -2.01. The highest BCUT2D eigenvalue weighted by molar-refractivity contribution is 9.11. The fourth-order valence-electron chi connectivity index (χ4n) is 1.53. The maximum atomic E-state index is 4.50. The normalized spacial score (nSPS) is 11.1. The molecule has 80 valence electrons. The maximum absolute atomic E-state index is 4.50. The quantitative estimate of drug-likeness (QED) is 0.936. The van der Waals surface area contributed by atoms with Gasteiger partial charge in [0.15, 0.2) is 0 Å². The molecule has 1 N–H and O–H groups in total. The van der Waals surface area contributed by atoms with Crippen molar-refractivity contribution < 1.29 is 0 Å². The predicted octanol–water partition coefficient (Wildman–Crippen LogP) is 2.62. The molecule has 0 aliphatic carbocycles. The summed E-state index contributed by atoms with van der Waals surface area (Å²) >= 11 is 7.00. The van der Waals surface area contributed by atoms with Crippen LogP contribution in [0.25, 0.3) is 5.52 Å². The first-order valence-corrected chi connectivity index (χ1v) is 6.28. The molecule has 2 aromatic heterocycles. The van der Waals surface area contributed by atoms with Gasteiger partial charge in [-0.1, -0.05) is 0 Å². The van der Waals surface area contributed by atoms with Gasteiger partial charge in [-0.2, -0.15) is 0 Å². The van der Waals surface area contributed by atoms with Gasteiger partial charge in [-0.25, -0.2) is 4.98 Å². The fourth-order valence-corrected chi connectivity index (χ4v) is 2.94. The number of likely N-dealkylation sites (N-methyl/N-ethyl adjacent to an activating group) is 1. The largest absolute Gasteiger partial charge is 0.319 e. The molecule has 2 heterocycles. The van der Waals surface area contributed by atoms with E-state index in [1.54, 1.807) is 0 Å². The van der Waals surface area contributed by atoms with E-state index >= 15 is 0 Å². The Balaban J connectivity index is 2.53. The van der Waals surface area contributed by atoms with Gasteiger partial charge < -0.3 is 9.72 Å². The van der Waals surface area contributed by atoms with Crippen molar-refractivity contribution in [3.05, 3.63) is 33.2 Å². The van der Waals surface area contributed by atoms with Gasteiger partial charge in [0.05, 0.1) is 5.52 Å². The van der Waals surface area contributed by atoms with E-state index in [9.17, 15) is 0 Å². The number of fused-ring (bicyclic) bond motifs is 1. The van der Waals surface area contributed by atoms with E-state index in [-0.39, 0.29) is 0 Å². The van der Waals surface area contributed by atoms with E-state index in [4.69, 9.17) is 0 Å². The second kappa shape index (κ2) is 4.63. The Morgan fingerprint density at radius 1 is 1.47 bits per heavy atom. The summed E-state index contributed by atoms with van der Waals surface area (Å²) in [7, 11) is 1.95. The summed E-state index contributed by atoms with van der Waals surface area (Å²) in [5.41, 5.74) is 1.09. The number of aromatic nitrogens is 2. The monoisotopic (exact) mass is 331 g/mol. The van der Waals surface area contributed by atoms with Crippen molar-refractivity contribution in [1.29, 1.82) is 0 Å². The SMILES string of the molecule is CNCCc1nc(Br)c2c(Br)cccn12. The predicted molar refractivity (Wildman–Crippen MR) is 68.2 cm³/mol. The van der Waals surface area contributed by atoms with E-state index in [0.717, 1.165) is 33.4 Å². The highest BCUT2D eigenvalue weighted by Crippen LogP contribution is 2.26. The van der Waals surface area contributed by atoms with Gasteiger partial charge >= 0.3 is 0 Å². The number of halogens is 2. The third kappa shape index (κ3) is 2.09. The number of nitrogens with zero attached hydrogens (tertiary/aromatic N) is 2. The number of nitrogens with one attached hydrogen (secondary N) is 1. The minimum atomic E-state index is 0.890. The molecule has 0 unspecified atom stereocenters. The van der Waals surface area contributed by atoms with Crippen LogP contribution in [0, 0.1) is 0 Å².